The van der Waals surface area contributed by atoms with Gasteiger partial charge in [0, 0.05) is 49.9 Å². The van der Waals surface area contributed by atoms with E-state index in [1.165, 1.54) is 17.2 Å². The van der Waals surface area contributed by atoms with Crippen molar-refractivity contribution in [3.63, 3.8) is 0 Å². The lowest BCUT2D eigenvalue weighted by Crippen LogP contribution is -2.48. The van der Waals surface area contributed by atoms with Crippen LogP contribution in [0.5, 0.6) is 5.75 Å². The van der Waals surface area contributed by atoms with Gasteiger partial charge >= 0.3 is 6.03 Å². The lowest BCUT2D eigenvalue weighted by atomic mass is 9.97. The number of urea groups is 1. The van der Waals surface area contributed by atoms with Gasteiger partial charge in [-0.3, -0.25) is 14.4 Å². The monoisotopic (exact) mass is 1140 g/mol. The Morgan fingerprint density at radius 3 is 1.26 bits per heavy atom. The number of halogens is 2. The molecule has 14 nitrogen and oxygen atoms in total. The third-order valence-corrected chi connectivity index (χ3v) is 16.4. The molecule has 0 saturated carbocycles. The zero-order valence-electron chi connectivity index (χ0n) is 51.3. The number of methoxy groups -OCH3 is 1. The second-order valence-electron chi connectivity index (χ2n) is 24.0. The molecule has 4 fully saturated rings. The van der Waals surface area contributed by atoms with E-state index in [2.05, 4.69) is 116 Å². The molecule has 4 aromatic carbocycles. The van der Waals surface area contributed by atoms with E-state index in [0.717, 1.165) is 113 Å². The molecule has 81 heavy (non-hydrogen) atoms. The van der Waals surface area contributed by atoms with Crippen LogP contribution in [0.1, 0.15) is 176 Å². The van der Waals surface area contributed by atoms with Crippen molar-refractivity contribution in [1.29, 1.82) is 0 Å². The van der Waals surface area contributed by atoms with Gasteiger partial charge in [-0.05, 0) is 207 Å². The number of amides is 5. The summed E-state index contributed by atoms with van der Waals surface area (Å²) >= 11 is 6.24. The molecule has 0 aliphatic carbocycles. The predicted molar refractivity (Wildman–Crippen MR) is 330 cm³/mol. The van der Waals surface area contributed by atoms with Gasteiger partial charge in [0.25, 0.3) is 17.7 Å². The Balaban J connectivity index is 0.000000198. The fourth-order valence-electron chi connectivity index (χ4n) is 10.1. The summed E-state index contributed by atoms with van der Waals surface area (Å²) in [5, 5.41) is 12.6. The van der Waals surface area contributed by atoms with E-state index in [1.807, 2.05) is 76.3 Å². The van der Waals surface area contributed by atoms with Crippen LogP contribution in [0.3, 0.4) is 0 Å². The maximum absolute atomic E-state index is 14.0. The van der Waals surface area contributed by atoms with Crippen molar-refractivity contribution in [2.24, 2.45) is 0 Å². The number of benzene rings is 4. The fourth-order valence-corrected chi connectivity index (χ4v) is 10.3. The molecule has 0 aromatic heterocycles. The van der Waals surface area contributed by atoms with Crippen LogP contribution in [0.2, 0.25) is 5.02 Å². The van der Waals surface area contributed by atoms with Gasteiger partial charge in [-0.25, -0.2) is 9.18 Å². The average molecular weight is 1140 g/mol. The molecular weight excluding hydrogens is 1040 g/mol. The Hall–Kier alpha value is -5.58. The number of piperazine rings is 1. The van der Waals surface area contributed by atoms with E-state index in [4.69, 9.17) is 16.3 Å². The van der Waals surface area contributed by atoms with Crippen LogP contribution < -0.4 is 26.0 Å². The molecule has 4 N–H and O–H groups in total. The molecule has 0 spiro atoms. The topological polar surface area (TPSA) is 142 Å². The number of rotatable bonds is 12. The van der Waals surface area contributed by atoms with E-state index in [-0.39, 0.29) is 53.3 Å². The first kappa shape index (κ1) is 66.2. The summed E-state index contributed by atoms with van der Waals surface area (Å²) in [6.45, 7) is 28.2. The van der Waals surface area contributed by atoms with Crippen molar-refractivity contribution in [1.82, 2.24) is 40.4 Å². The minimum absolute atomic E-state index is 0.0308. The molecule has 4 aliphatic rings. The lowest BCUT2D eigenvalue weighted by molar-refractivity contribution is 0.0906. The average Bonchev–Trinajstić information content (AvgIpc) is 3.45. The number of aryl methyl sites for hydroxylation is 1. The summed E-state index contributed by atoms with van der Waals surface area (Å²) in [4.78, 5) is 60.0. The van der Waals surface area contributed by atoms with Crippen LogP contribution >= 0.6 is 11.6 Å². The Kier molecular flexibility index (Phi) is 26.4. The van der Waals surface area contributed by atoms with Gasteiger partial charge in [-0.15, -0.1) is 0 Å². The molecule has 4 heterocycles. The molecule has 16 heteroatoms. The van der Waals surface area contributed by atoms with Crippen LogP contribution in [0, 0.1) is 12.7 Å². The first-order valence-corrected chi connectivity index (χ1v) is 29.9. The number of anilines is 1. The molecule has 4 saturated heterocycles. The van der Waals surface area contributed by atoms with E-state index >= 15 is 0 Å². The third kappa shape index (κ3) is 21.0. The van der Waals surface area contributed by atoms with Gasteiger partial charge in [0.15, 0.2) is 0 Å². The first-order chi connectivity index (χ1) is 38.4. The number of nitrogens with one attached hydrogen (secondary N) is 4. The Morgan fingerprint density at radius 1 is 0.494 bits per heavy atom. The fraction of sp³-hybridized carbons (Fsp3) is 0.569. The lowest BCUT2D eigenvalue weighted by Gasteiger charge is -2.32. The summed E-state index contributed by atoms with van der Waals surface area (Å²) in [7, 11) is 10.0. The number of nitrogens with zero attached hydrogens (tertiary/aromatic N) is 5. The molecule has 4 aromatic rings. The maximum Gasteiger partial charge on any atom is 0.322 e. The number of likely N-dealkylation sites (N-methyl/N-ethyl adjacent to an activating group) is 1. The number of carbonyl (C=O) groups excluding carboxylic acids is 4. The molecule has 0 bridgehead atoms. The largest absolute Gasteiger partial charge is 0.496 e. The second-order valence-corrected chi connectivity index (χ2v) is 24.4. The summed E-state index contributed by atoms with van der Waals surface area (Å²) in [5.41, 5.74) is 7.90. The van der Waals surface area contributed by atoms with Gasteiger partial charge in [-0.1, -0.05) is 97.3 Å². The number of ether oxygens (including phenoxy) is 1. The van der Waals surface area contributed by atoms with Gasteiger partial charge < -0.3 is 50.5 Å². The maximum atomic E-state index is 14.0. The van der Waals surface area contributed by atoms with Crippen LogP contribution in [-0.2, 0) is 0 Å². The van der Waals surface area contributed by atoms with Crippen molar-refractivity contribution in [2.45, 2.75) is 143 Å². The van der Waals surface area contributed by atoms with Crippen LogP contribution in [0.4, 0.5) is 14.9 Å². The molecular formula is C65H97ClFN9O5. The van der Waals surface area contributed by atoms with Gasteiger partial charge in [0.2, 0.25) is 0 Å². The van der Waals surface area contributed by atoms with Gasteiger partial charge in [0.05, 0.1) is 28.9 Å². The summed E-state index contributed by atoms with van der Waals surface area (Å²) < 4.78 is 19.4. The number of piperidine rings is 3. The molecule has 446 valence electrons. The highest BCUT2D eigenvalue weighted by molar-refractivity contribution is 6.34. The number of hydrogen-bond acceptors (Lipinski definition) is 9. The highest BCUT2D eigenvalue weighted by Gasteiger charge is 2.25. The Bertz CT molecular complexity index is 2560. The minimum Gasteiger partial charge on any atom is -0.496 e. The molecule has 5 amide bonds. The van der Waals surface area contributed by atoms with E-state index in [9.17, 15) is 23.6 Å². The van der Waals surface area contributed by atoms with Crippen LogP contribution in [0.25, 0.3) is 0 Å². The van der Waals surface area contributed by atoms with E-state index in [1.54, 1.807) is 18.1 Å². The van der Waals surface area contributed by atoms with Gasteiger partial charge in [-0.2, -0.15) is 0 Å². The zero-order valence-corrected chi connectivity index (χ0v) is 52.1. The van der Waals surface area contributed by atoms with Crippen molar-refractivity contribution in [3.8, 4) is 5.75 Å². The van der Waals surface area contributed by atoms with Crippen LogP contribution in [-0.4, -0.2) is 167 Å². The zero-order chi connectivity index (χ0) is 59.5. The SMILES string of the molecule is CC(C)c1ccc(C(=O)NC2CCN(C)CC2)c(Cl)c1.CC(C)c1ccc(NC(=O)N2CCN(C)CC2)c(F)c1.COc1cc(C(C)C)ccc1C(=O)NC1CCN(C)CC1.Cc1cc(C(C)C)ccc1C(=O)NC1CCN(C)CC1. The first-order valence-electron chi connectivity index (χ1n) is 29.5. The highest BCUT2D eigenvalue weighted by Crippen LogP contribution is 2.27. The number of hydrogen-bond donors (Lipinski definition) is 4. The van der Waals surface area contributed by atoms with Crippen molar-refractivity contribution < 1.29 is 28.3 Å². The Labute approximate surface area is 490 Å². The molecule has 8 rings (SSSR count). The molecule has 0 radical (unpaired) electrons. The minimum atomic E-state index is -0.376. The summed E-state index contributed by atoms with van der Waals surface area (Å²) in [5.74, 6) is 1.88. The second kappa shape index (κ2) is 32.3. The van der Waals surface area contributed by atoms with Crippen molar-refractivity contribution in [3.05, 3.63) is 128 Å². The quantitative estimate of drug-likeness (QED) is 0.109. The van der Waals surface area contributed by atoms with E-state index in [0.29, 0.717) is 58.8 Å². The van der Waals surface area contributed by atoms with E-state index < -0.39 is 0 Å². The smallest absolute Gasteiger partial charge is 0.322 e. The normalized spacial score (nSPS) is 17.1. The van der Waals surface area contributed by atoms with Crippen molar-refractivity contribution >= 4 is 41.0 Å². The summed E-state index contributed by atoms with van der Waals surface area (Å²) in [6.07, 6.45) is 6.12. The standard InChI is InChI=1S/C17H26N2O2.C17H26N2O.C16H23ClN2O.C15H22FN3O/c1-12(2)13-5-6-15(16(11-13)21-4)17(20)18-14-7-9-19(3)10-8-14;1-12(2)14-5-6-16(13(3)11-14)17(20)18-15-7-9-19(4)10-8-15;1-11(2)12-4-5-14(15(17)10-12)16(20)18-13-6-8-19(3)9-7-13;1-11(2)12-4-5-14(13(16)10-12)17-15(20)19-8-6-18(3)7-9-19/h5-6,11-12,14H,7-10H2,1-4H3,(H,18,20);5-6,11-12,15H,7-10H2,1-4H3,(H,18,20);4-5,10-11,13H,6-9H2,1-3H3,(H,18,20);4-5,10-11H,6-9H2,1-3H3,(H,17,20). The van der Waals surface area contributed by atoms with Crippen molar-refractivity contribution in [2.75, 3.05) is 106 Å². The molecule has 4 aliphatic heterocycles. The summed E-state index contributed by atoms with van der Waals surface area (Å²) in [6, 6.07) is 23.3. The highest BCUT2D eigenvalue weighted by atomic mass is 35.5. The molecule has 0 atom stereocenters. The van der Waals surface area contributed by atoms with Crippen LogP contribution in [0.15, 0.2) is 72.8 Å². The predicted octanol–water partition coefficient (Wildman–Crippen LogP) is 11.6. The number of carbonyl (C=O) groups is 4. The Morgan fingerprint density at radius 2 is 0.852 bits per heavy atom. The molecule has 0 unspecified atom stereocenters. The third-order valence-electron chi connectivity index (χ3n) is 16.1. The number of likely N-dealkylation sites (tertiary alicyclic amines) is 3. The van der Waals surface area contributed by atoms with Gasteiger partial charge in [0.1, 0.15) is 11.6 Å².